The molecule has 0 aliphatic heterocycles. The van der Waals surface area contributed by atoms with Crippen LogP contribution in [0.3, 0.4) is 0 Å². The molecule has 0 fully saturated rings. The second-order valence-electron chi connectivity index (χ2n) is 6.56. The molecule has 1 N–H and O–H groups in total. The molecular weight excluding hydrogens is 266 g/mol. The standard InChI is InChI=1S/C13H27NO4S/c1-9(2)7-11(10(3)4)12(15)14-13(5,6)8-19(16,17)18/h9-11H,7-8H2,1-6H3,(H,14,15)(H,16,17,18)/p-1. The predicted molar refractivity (Wildman–Crippen MR) is 74.6 cm³/mol. The molecule has 0 saturated heterocycles. The molecule has 0 heterocycles. The molecule has 1 atom stereocenters. The first-order valence-corrected chi connectivity index (χ1v) is 8.17. The van der Waals surface area contributed by atoms with E-state index in [-0.39, 0.29) is 17.7 Å². The lowest BCUT2D eigenvalue weighted by atomic mass is 9.86. The fourth-order valence-corrected chi connectivity index (χ4v) is 3.05. The van der Waals surface area contributed by atoms with Crippen LogP contribution >= 0.6 is 0 Å². The third kappa shape index (κ3) is 8.21. The number of rotatable bonds is 7. The number of carbonyl (C=O) groups is 1. The Balaban J connectivity index is 4.80. The Morgan fingerprint density at radius 1 is 1.21 bits per heavy atom. The van der Waals surface area contributed by atoms with Crippen molar-refractivity contribution in [3.8, 4) is 0 Å². The predicted octanol–water partition coefficient (Wildman–Crippen LogP) is 1.74. The van der Waals surface area contributed by atoms with Gasteiger partial charge in [-0.3, -0.25) is 4.79 Å². The van der Waals surface area contributed by atoms with Gasteiger partial charge in [0, 0.05) is 11.5 Å². The lowest BCUT2D eigenvalue weighted by molar-refractivity contribution is -0.128. The van der Waals surface area contributed by atoms with Gasteiger partial charge in [0.15, 0.2) is 0 Å². The average Bonchev–Trinajstić information content (AvgIpc) is 2.07. The zero-order chi connectivity index (χ0) is 15.4. The Labute approximate surface area is 116 Å². The van der Waals surface area contributed by atoms with Gasteiger partial charge in [-0.15, -0.1) is 0 Å². The van der Waals surface area contributed by atoms with E-state index in [4.69, 9.17) is 0 Å². The van der Waals surface area contributed by atoms with Gasteiger partial charge >= 0.3 is 0 Å². The summed E-state index contributed by atoms with van der Waals surface area (Å²) in [5.74, 6) is -0.407. The van der Waals surface area contributed by atoms with Crippen LogP contribution in [0, 0.1) is 17.8 Å². The molecule has 6 heteroatoms. The van der Waals surface area contributed by atoms with Gasteiger partial charge < -0.3 is 9.87 Å². The first-order chi connectivity index (χ1) is 8.34. The van der Waals surface area contributed by atoms with Crippen LogP contribution in [-0.2, 0) is 14.9 Å². The van der Waals surface area contributed by atoms with E-state index in [2.05, 4.69) is 5.32 Å². The Bertz CT molecular complexity index is 399. The van der Waals surface area contributed by atoms with Gasteiger partial charge in [-0.1, -0.05) is 27.7 Å². The van der Waals surface area contributed by atoms with E-state index >= 15 is 0 Å². The minimum absolute atomic E-state index is 0.169. The summed E-state index contributed by atoms with van der Waals surface area (Å²) in [5, 5.41) is 2.68. The van der Waals surface area contributed by atoms with Crippen LogP contribution in [0.5, 0.6) is 0 Å². The van der Waals surface area contributed by atoms with Gasteiger partial charge in [-0.25, -0.2) is 8.42 Å². The van der Waals surface area contributed by atoms with Crippen LogP contribution in [0.2, 0.25) is 0 Å². The van der Waals surface area contributed by atoms with Gasteiger partial charge in [-0.05, 0) is 32.1 Å². The molecular formula is C13H26NO4S-. The third-order valence-electron chi connectivity index (χ3n) is 2.87. The number of carbonyl (C=O) groups excluding carboxylic acids is 1. The Morgan fingerprint density at radius 3 is 2.00 bits per heavy atom. The third-order valence-corrected chi connectivity index (χ3v) is 3.94. The van der Waals surface area contributed by atoms with Crippen LogP contribution in [0.15, 0.2) is 0 Å². The maximum Gasteiger partial charge on any atom is 0.223 e. The summed E-state index contributed by atoms with van der Waals surface area (Å²) in [5.41, 5.74) is -1.04. The van der Waals surface area contributed by atoms with Crippen molar-refractivity contribution in [3.63, 3.8) is 0 Å². The van der Waals surface area contributed by atoms with E-state index in [9.17, 15) is 17.8 Å². The van der Waals surface area contributed by atoms with Crippen molar-refractivity contribution >= 4 is 16.0 Å². The van der Waals surface area contributed by atoms with Crippen molar-refractivity contribution in [1.82, 2.24) is 5.32 Å². The van der Waals surface area contributed by atoms with Gasteiger partial charge in [0.05, 0.1) is 15.9 Å². The quantitative estimate of drug-likeness (QED) is 0.724. The summed E-state index contributed by atoms with van der Waals surface area (Å²) >= 11 is 0. The summed E-state index contributed by atoms with van der Waals surface area (Å²) < 4.78 is 32.4. The van der Waals surface area contributed by atoms with E-state index in [0.717, 1.165) is 6.42 Å². The minimum atomic E-state index is -4.36. The Hall–Kier alpha value is -0.620. The van der Waals surface area contributed by atoms with Gasteiger partial charge in [-0.2, -0.15) is 0 Å². The van der Waals surface area contributed by atoms with Crippen molar-refractivity contribution < 1.29 is 17.8 Å². The molecule has 0 radical (unpaired) electrons. The van der Waals surface area contributed by atoms with E-state index in [1.165, 1.54) is 0 Å². The zero-order valence-corrected chi connectivity index (χ0v) is 13.5. The normalized spacial score (nSPS) is 14.8. The summed E-state index contributed by atoms with van der Waals surface area (Å²) in [4.78, 5) is 12.2. The number of hydrogen-bond donors (Lipinski definition) is 1. The molecule has 114 valence electrons. The maximum atomic E-state index is 12.2. The zero-order valence-electron chi connectivity index (χ0n) is 12.7. The van der Waals surface area contributed by atoms with Crippen LogP contribution in [-0.4, -0.2) is 30.2 Å². The number of hydrogen-bond acceptors (Lipinski definition) is 4. The highest BCUT2D eigenvalue weighted by Gasteiger charge is 2.29. The molecule has 5 nitrogen and oxygen atoms in total. The molecule has 0 aromatic heterocycles. The van der Waals surface area contributed by atoms with Crippen molar-refractivity contribution in [2.24, 2.45) is 17.8 Å². The maximum absolute atomic E-state index is 12.2. The lowest BCUT2D eigenvalue weighted by Gasteiger charge is -2.31. The molecule has 0 spiro atoms. The topological polar surface area (TPSA) is 86.3 Å². The van der Waals surface area contributed by atoms with Crippen LogP contribution < -0.4 is 5.32 Å². The fraction of sp³-hybridized carbons (Fsp3) is 0.923. The number of nitrogens with one attached hydrogen (secondary N) is 1. The van der Waals surface area contributed by atoms with Gasteiger partial charge in [0.1, 0.15) is 0 Å². The summed E-state index contributed by atoms with van der Waals surface area (Å²) in [6.07, 6.45) is 0.740. The van der Waals surface area contributed by atoms with E-state index in [0.29, 0.717) is 5.92 Å². The smallest absolute Gasteiger partial charge is 0.223 e. The molecule has 0 aliphatic carbocycles. The highest BCUT2D eigenvalue weighted by atomic mass is 32.2. The largest absolute Gasteiger partial charge is 0.748 e. The second-order valence-corrected chi connectivity index (χ2v) is 7.96. The summed E-state index contributed by atoms with van der Waals surface area (Å²) in [6, 6.07) is 0. The van der Waals surface area contributed by atoms with Crippen molar-refractivity contribution in [2.45, 2.75) is 53.5 Å². The van der Waals surface area contributed by atoms with Gasteiger partial charge in [0.25, 0.3) is 0 Å². The number of amides is 1. The van der Waals surface area contributed by atoms with E-state index < -0.39 is 21.4 Å². The molecule has 0 aliphatic rings. The average molecular weight is 292 g/mol. The van der Waals surface area contributed by atoms with Crippen molar-refractivity contribution in [3.05, 3.63) is 0 Å². The van der Waals surface area contributed by atoms with Crippen LogP contribution in [0.25, 0.3) is 0 Å². The van der Waals surface area contributed by atoms with E-state index in [1.807, 2.05) is 27.7 Å². The molecule has 0 saturated carbocycles. The lowest BCUT2D eigenvalue weighted by Crippen LogP contribution is -2.51. The first kappa shape index (κ1) is 18.4. The van der Waals surface area contributed by atoms with Crippen molar-refractivity contribution in [1.29, 1.82) is 0 Å². The van der Waals surface area contributed by atoms with E-state index in [1.54, 1.807) is 13.8 Å². The monoisotopic (exact) mass is 292 g/mol. The Kier molecular flexibility index (Phi) is 6.48. The molecule has 0 aromatic carbocycles. The highest BCUT2D eigenvalue weighted by Crippen LogP contribution is 2.21. The molecule has 0 rings (SSSR count). The van der Waals surface area contributed by atoms with Crippen molar-refractivity contribution in [2.75, 3.05) is 5.75 Å². The molecule has 1 amide bonds. The Morgan fingerprint density at radius 2 is 1.68 bits per heavy atom. The minimum Gasteiger partial charge on any atom is -0.748 e. The molecule has 1 unspecified atom stereocenters. The van der Waals surface area contributed by atoms with Gasteiger partial charge in [0.2, 0.25) is 5.91 Å². The summed E-state index contributed by atoms with van der Waals surface area (Å²) in [6.45, 7) is 11.1. The second kappa shape index (κ2) is 6.70. The molecule has 0 aromatic rings. The fourth-order valence-electron chi connectivity index (χ4n) is 2.09. The molecule has 19 heavy (non-hydrogen) atoms. The van der Waals surface area contributed by atoms with Crippen LogP contribution in [0.4, 0.5) is 0 Å². The first-order valence-electron chi connectivity index (χ1n) is 6.59. The summed E-state index contributed by atoms with van der Waals surface area (Å²) in [7, 11) is -4.36. The molecule has 0 bridgehead atoms. The SMILES string of the molecule is CC(C)CC(C(=O)NC(C)(C)CS(=O)(=O)[O-])C(C)C. The highest BCUT2D eigenvalue weighted by molar-refractivity contribution is 7.85. The van der Waals surface area contributed by atoms with Crippen LogP contribution in [0.1, 0.15) is 48.0 Å².